The molecule has 5 heteroatoms. The molecule has 0 bridgehead atoms. The smallest absolute Gasteiger partial charge is 0.137 e. The Kier molecular flexibility index (Phi) is 3.07. The molecule has 0 fully saturated rings. The van der Waals surface area contributed by atoms with Crippen LogP contribution in [0.3, 0.4) is 0 Å². The summed E-state index contributed by atoms with van der Waals surface area (Å²) in [6.45, 7) is 0. The van der Waals surface area contributed by atoms with E-state index in [1.165, 1.54) is 6.07 Å². The van der Waals surface area contributed by atoms with Gasteiger partial charge in [0.1, 0.15) is 5.82 Å². The van der Waals surface area contributed by atoms with E-state index >= 15 is 0 Å². The highest BCUT2D eigenvalue weighted by Crippen LogP contribution is 2.23. The maximum atomic E-state index is 13.1. The van der Waals surface area contributed by atoms with Crippen LogP contribution in [0.1, 0.15) is 17.3 Å². The predicted molar refractivity (Wildman–Crippen MR) is 63.3 cm³/mol. The van der Waals surface area contributed by atoms with Gasteiger partial charge in [0.25, 0.3) is 0 Å². The van der Waals surface area contributed by atoms with E-state index in [0.29, 0.717) is 4.47 Å². The Bertz CT molecular complexity index is 510. The number of hydrogen-bond donors (Lipinski definition) is 1. The number of hydrogen-bond acceptors (Lipinski definition) is 2. The highest BCUT2D eigenvalue weighted by molar-refractivity contribution is 9.10. The number of nitrogens with zero attached hydrogens (tertiary/aromatic N) is 2. The molecule has 1 aromatic heterocycles. The van der Waals surface area contributed by atoms with Crippen molar-refractivity contribution in [3.63, 3.8) is 0 Å². The lowest BCUT2D eigenvalue weighted by atomic mass is 10.0. The molecule has 0 saturated heterocycles. The van der Waals surface area contributed by atoms with E-state index in [0.717, 1.165) is 11.3 Å². The molecule has 0 spiro atoms. The second kappa shape index (κ2) is 4.35. The van der Waals surface area contributed by atoms with Gasteiger partial charge in [0.05, 0.1) is 16.2 Å². The number of nitrogens with two attached hydrogens (primary N) is 1. The average molecular weight is 284 g/mol. The van der Waals surface area contributed by atoms with Crippen LogP contribution in [0, 0.1) is 5.82 Å². The van der Waals surface area contributed by atoms with Gasteiger partial charge in [-0.2, -0.15) is 5.10 Å². The monoisotopic (exact) mass is 283 g/mol. The zero-order chi connectivity index (χ0) is 11.7. The summed E-state index contributed by atoms with van der Waals surface area (Å²) in [5.74, 6) is -0.291. The van der Waals surface area contributed by atoms with E-state index in [1.807, 2.05) is 13.1 Å². The number of benzene rings is 1. The van der Waals surface area contributed by atoms with Crippen LogP contribution < -0.4 is 5.73 Å². The highest BCUT2D eigenvalue weighted by Gasteiger charge is 2.13. The van der Waals surface area contributed by atoms with Crippen molar-refractivity contribution < 1.29 is 4.39 Å². The summed E-state index contributed by atoms with van der Waals surface area (Å²) in [5, 5.41) is 4.05. The molecule has 0 saturated carbocycles. The molecule has 2 rings (SSSR count). The van der Waals surface area contributed by atoms with Crippen LogP contribution in [-0.4, -0.2) is 9.78 Å². The Morgan fingerprint density at radius 1 is 1.44 bits per heavy atom. The molecular weight excluding hydrogens is 273 g/mol. The molecule has 16 heavy (non-hydrogen) atoms. The molecule has 1 unspecified atom stereocenters. The summed E-state index contributed by atoms with van der Waals surface area (Å²) in [5.41, 5.74) is 7.81. The van der Waals surface area contributed by atoms with Crippen molar-refractivity contribution in [2.45, 2.75) is 6.04 Å². The minimum absolute atomic E-state index is 0.291. The van der Waals surface area contributed by atoms with Gasteiger partial charge < -0.3 is 5.73 Å². The van der Waals surface area contributed by atoms with Gasteiger partial charge in [0, 0.05) is 13.2 Å². The lowest BCUT2D eigenvalue weighted by Gasteiger charge is -2.12. The molecule has 0 aliphatic rings. The zero-order valence-corrected chi connectivity index (χ0v) is 10.3. The molecule has 0 radical (unpaired) electrons. The van der Waals surface area contributed by atoms with Crippen molar-refractivity contribution in [1.82, 2.24) is 9.78 Å². The molecule has 0 aliphatic heterocycles. The summed E-state index contributed by atoms with van der Waals surface area (Å²) in [6, 6.07) is 6.31. The predicted octanol–water partition coefficient (Wildman–Crippen LogP) is 2.37. The van der Waals surface area contributed by atoms with Crippen molar-refractivity contribution in [2.24, 2.45) is 12.8 Å². The fourth-order valence-electron chi connectivity index (χ4n) is 1.57. The van der Waals surface area contributed by atoms with E-state index in [2.05, 4.69) is 21.0 Å². The van der Waals surface area contributed by atoms with Gasteiger partial charge in [-0.1, -0.05) is 6.07 Å². The molecule has 1 heterocycles. The molecule has 1 atom stereocenters. The van der Waals surface area contributed by atoms with E-state index in [-0.39, 0.29) is 11.9 Å². The van der Waals surface area contributed by atoms with E-state index in [4.69, 9.17) is 5.73 Å². The van der Waals surface area contributed by atoms with Crippen LogP contribution in [-0.2, 0) is 7.05 Å². The topological polar surface area (TPSA) is 43.8 Å². The summed E-state index contributed by atoms with van der Waals surface area (Å²) < 4.78 is 15.2. The molecular formula is C11H11BrFN3. The Morgan fingerprint density at radius 2 is 2.19 bits per heavy atom. The van der Waals surface area contributed by atoms with Crippen LogP contribution in [0.25, 0.3) is 0 Å². The maximum absolute atomic E-state index is 13.1. The molecule has 2 N–H and O–H groups in total. The average Bonchev–Trinajstić information content (AvgIpc) is 2.67. The van der Waals surface area contributed by atoms with Crippen LogP contribution in [0.5, 0.6) is 0 Å². The van der Waals surface area contributed by atoms with Crippen molar-refractivity contribution in [2.75, 3.05) is 0 Å². The van der Waals surface area contributed by atoms with Gasteiger partial charge in [-0.15, -0.1) is 0 Å². The summed E-state index contributed by atoms with van der Waals surface area (Å²) >= 11 is 3.14. The third-order valence-corrected chi connectivity index (χ3v) is 3.09. The molecule has 84 valence electrons. The normalized spacial score (nSPS) is 12.8. The van der Waals surface area contributed by atoms with E-state index in [9.17, 15) is 4.39 Å². The summed E-state index contributed by atoms with van der Waals surface area (Å²) in [4.78, 5) is 0. The fraction of sp³-hybridized carbons (Fsp3) is 0.182. The first kappa shape index (κ1) is 11.3. The van der Waals surface area contributed by atoms with Crippen molar-refractivity contribution >= 4 is 15.9 Å². The van der Waals surface area contributed by atoms with Gasteiger partial charge in [0.2, 0.25) is 0 Å². The molecule has 0 aliphatic carbocycles. The van der Waals surface area contributed by atoms with Crippen LogP contribution >= 0.6 is 15.9 Å². The van der Waals surface area contributed by atoms with Crippen LogP contribution in [0.2, 0.25) is 0 Å². The van der Waals surface area contributed by atoms with Gasteiger partial charge in [-0.3, -0.25) is 4.68 Å². The van der Waals surface area contributed by atoms with Gasteiger partial charge in [0.15, 0.2) is 0 Å². The second-order valence-electron chi connectivity index (χ2n) is 3.53. The summed E-state index contributed by atoms with van der Waals surface area (Å²) in [6.07, 6.45) is 1.69. The molecule has 3 nitrogen and oxygen atoms in total. The lowest BCUT2D eigenvalue weighted by Crippen LogP contribution is -2.16. The Labute approximate surface area is 101 Å². The van der Waals surface area contributed by atoms with Crippen molar-refractivity contribution in [1.29, 1.82) is 0 Å². The largest absolute Gasteiger partial charge is 0.319 e. The SMILES string of the molecule is Cn1nccc1C(N)c1ccc(F)c(Br)c1. The quantitative estimate of drug-likeness (QED) is 0.920. The molecule has 2 aromatic rings. The minimum Gasteiger partial charge on any atom is -0.319 e. The van der Waals surface area contributed by atoms with Gasteiger partial charge in [-0.05, 0) is 39.7 Å². The number of halogens is 2. The second-order valence-corrected chi connectivity index (χ2v) is 4.39. The minimum atomic E-state index is -0.301. The zero-order valence-electron chi connectivity index (χ0n) is 8.69. The number of aryl methyl sites for hydroxylation is 1. The summed E-state index contributed by atoms with van der Waals surface area (Å²) in [7, 11) is 1.83. The van der Waals surface area contributed by atoms with E-state index in [1.54, 1.807) is 23.0 Å². The van der Waals surface area contributed by atoms with Crippen LogP contribution in [0.15, 0.2) is 34.9 Å². The first-order valence-electron chi connectivity index (χ1n) is 4.78. The standard InChI is InChI=1S/C11H11BrFN3/c1-16-10(4-5-15-16)11(14)7-2-3-9(13)8(12)6-7/h2-6,11H,14H2,1H3. The third kappa shape index (κ3) is 2.01. The third-order valence-electron chi connectivity index (χ3n) is 2.48. The molecule has 1 aromatic carbocycles. The van der Waals surface area contributed by atoms with Crippen molar-refractivity contribution in [3.8, 4) is 0 Å². The Balaban J connectivity index is 2.38. The van der Waals surface area contributed by atoms with Gasteiger partial charge >= 0.3 is 0 Å². The number of rotatable bonds is 2. The lowest BCUT2D eigenvalue weighted by molar-refractivity contribution is 0.618. The Hall–Kier alpha value is -1.20. The highest BCUT2D eigenvalue weighted by atomic mass is 79.9. The molecule has 0 amide bonds. The Morgan fingerprint density at radius 3 is 2.75 bits per heavy atom. The van der Waals surface area contributed by atoms with Gasteiger partial charge in [-0.25, -0.2) is 4.39 Å². The van der Waals surface area contributed by atoms with E-state index < -0.39 is 0 Å². The fourth-order valence-corrected chi connectivity index (χ4v) is 1.96. The number of aromatic nitrogens is 2. The van der Waals surface area contributed by atoms with Crippen molar-refractivity contribution in [3.05, 3.63) is 52.0 Å². The van der Waals surface area contributed by atoms with Crippen LogP contribution in [0.4, 0.5) is 4.39 Å². The first-order valence-corrected chi connectivity index (χ1v) is 5.57. The maximum Gasteiger partial charge on any atom is 0.137 e. The first-order chi connectivity index (χ1) is 7.59.